The second-order valence-electron chi connectivity index (χ2n) is 6.48. The summed E-state index contributed by atoms with van der Waals surface area (Å²) in [7, 11) is 0. The van der Waals surface area contributed by atoms with Gasteiger partial charge in [0.25, 0.3) is 0 Å². The zero-order chi connectivity index (χ0) is 18.9. The van der Waals surface area contributed by atoms with Crippen molar-refractivity contribution in [1.82, 2.24) is 5.32 Å². The van der Waals surface area contributed by atoms with E-state index in [1.54, 1.807) is 20.8 Å². The number of amides is 1. The highest BCUT2D eigenvalue weighted by Crippen LogP contribution is 2.09. The Hall–Kier alpha value is -2.08. The zero-order valence-electron chi connectivity index (χ0n) is 14.7. The minimum atomic E-state index is -0.892. The third-order valence-corrected chi connectivity index (χ3v) is 3.35. The first-order valence-corrected chi connectivity index (χ1v) is 8.52. The number of ketones is 1. The Morgan fingerprint density at radius 2 is 1.80 bits per heavy atom. The predicted octanol–water partition coefficient (Wildman–Crippen LogP) is 3.21. The Labute approximate surface area is 152 Å². The van der Waals surface area contributed by atoms with Crippen molar-refractivity contribution >= 4 is 29.4 Å². The van der Waals surface area contributed by atoms with E-state index < -0.39 is 23.7 Å². The Morgan fingerprint density at radius 3 is 2.36 bits per heavy atom. The normalized spacial score (nSPS) is 12.2. The standard InChI is InChI=1S/C18H24ClNO5/c1-18(2,3)25-17(23)20-14(15(21)11-19)9-10-16(22)24-12-13-7-5-4-6-8-13/h4-8,14H,9-12H2,1-3H3,(H,20,23). The number of nitrogens with one attached hydrogen (secondary N) is 1. The van der Waals surface area contributed by atoms with Crippen LogP contribution in [0.1, 0.15) is 39.2 Å². The van der Waals surface area contributed by atoms with Crippen LogP contribution >= 0.6 is 11.6 Å². The van der Waals surface area contributed by atoms with Gasteiger partial charge in [0.15, 0.2) is 5.78 Å². The molecule has 0 saturated carbocycles. The number of Topliss-reactive ketones (excluding diaryl/α,β-unsaturated/α-hetero) is 1. The predicted molar refractivity (Wildman–Crippen MR) is 94.4 cm³/mol. The molecule has 0 spiro atoms. The van der Waals surface area contributed by atoms with Gasteiger partial charge < -0.3 is 14.8 Å². The van der Waals surface area contributed by atoms with E-state index in [0.717, 1.165) is 5.56 Å². The second-order valence-corrected chi connectivity index (χ2v) is 6.75. The van der Waals surface area contributed by atoms with Crippen molar-refractivity contribution in [1.29, 1.82) is 0 Å². The summed E-state index contributed by atoms with van der Waals surface area (Å²) < 4.78 is 10.3. The van der Waals surface area contributed by atoms with Crippen molar-refractivity contribution in [2.45, 2.75) is 51.9 Å². The Morgan fingerprint density at radius 1 is 1.16 bits per heavy atom. The third-order valence-electron chi connectivity index (χ3n) is 3.09. The molecule has 6 nitrogen and oxygen atoms in total. The van der Waals surface area contributed by atoms with E-state index in [1.807, 2.05) is 30.3 Å². The summed E-state index contributed by atoms with van der Waals surface area (Å²) in [6.07, 6.45) is -0.650. The number of hydrogen-bond donors (Lipinski definition) is 1. The highest BCUT2D eigenvalue weighted by molar-refractivity contribution is 6.28. The first-order chi connectivity index (χ1) is 11.7. The van der Waals surface area contributed by atoms with E-state index in [0.29, 0.717) is 0 Å². The van der Waals surface area contributed by atoms with Gasteiger partial charge in [-0.05, 0) is 32.8 Å². The average Bonchev–Trinajstić information content (AvgIpc) is 2.55. The number of ether oxygens (including phenoxy) is 2. The molecule has 0 aliphatic carbocycles. The van der Waals surface area contributed by atoms with Crippen LogP contribution in [-0.2, 0) is 25.7 Å². The fraction of sp³-hybridized carbons (Fsp3) is 0.500. The number of alkyl carbamates (subject to hydrolysis) is 1. The monoisotopic (exact) mass is 369 g/mol. The minimum absolute atomic E-state index is 0.0179. The molecule has 0 aliphatic rings. The van der Waals surface area contributed by atoms with Crippen molar-refractivity contribution in [3.8, 4) is 0 Å². The van der Waals surface area contributed by atoms with Crippen LogP contribution < -0.4 is 5.32 Å². The quantitative estimate of drug-likeness (QED) is 0.562. The van der Waals surface area contributed by atoms with Crippen LogP contribution in [0.2, 0.25) is 0 Å². The number of hydrogen-bond acceptors (Lipinski definition) is 5. The number of carbonyl (C=O) groups excluding carboxylic acids is 3. The largest absolute Gasteiger partial charge is 0.461 e. The maximum atomic E-state index is 11.9. The summed E-state index contributed by atoms with van der Waals surface area (Å²) in [4.78, 5) is 35.5. The number of halogens is 1. The zero-order valence-corrected chi connectivity index (χ0v) is 15.5. The molecule has 1 amide bonds. The summed E-state index contributed by atoms with van der Waals surface area (Å²) in [6.45, 7) is 5.30. The summed E-state index contributed by atoms with van der Waals surface area (Å²) in [5, 5.41) is 2.45. The highest BCUT2D eigenvalue weighted by atomic mass is 35.5. The molecule has 0 radical (unpaired) electrons. The summed E-state index contributed by atoms with van der Waals surface area (Å²) in [5.41, 5.74) is 0.184. The number of alkyl halides is 1. The molecule has 0 heterocycles. The molecular weight excluding hydrogens is 346 g/mol. The van der Waals surface area contributed by atoms with Crippen LogP contribution in [-0.4, -0.2) is 35.4 Å². The molecule has 0 saturated heterocycles. The molecular formula is C18H24ClNO5. The van der Waals surface area contributed by atoms with Gasteiger partial charge in [0.2, 0.25) is 0 Å². The van der Waals surface area contributed by atoms with Crippen LogP contribution in [0.3, 0.4) is 0 Å². The molecule has 1 aromatic carbocycles. The van der Waals surface area contributed by atoms with Gasteiger partial charge in [0.05, 0.1) is 11.9 Å². The molecule has 1 rings (SSSR count). The molecule has 1 N–H and O–H groups in total. The van der Waals surface area contributed by atoms with Crippen LogP contribution in [0, 0.1) is 0 Å². The smallest absolute Gasteiger partial charge is 0.408 e. The van der Waals surface area contributed by atoms with Crippen LogP contribution in [0.25, 0.3) is 0 Å². The van der Waals surface area contributed by atoms with Crippen molar-refractivity contribution < 1.29 is 23.9 Å². The highest BCUT2D eigenvalue weighted by Gasteiger charge is 2.24. The van der Waals surface area contributed by atoms with Crippen LogP contribution in [0.4, 0.5) is 4.79 Å². The maximum Gasteiger partial charge on any atom is 0.408 e. The van der Waals surface area contributed by atoms with Gasteiger partial charge in [0.1, 0.15) is 12.2 Å². The molecule has 138 valence electrons. The SMILES string of the molecule is CC(C)(C)OC(=O)NC(CCC(=O)OCc1ccccc1)C(=O)CCl. The minimum Gasteiger partial charge on any atom is -0.461 e. The second kappa shape index (κ2) is 10.0. The molecule has 1 aromatic rings. The van der Waals surface area contributed by atoms with Gasteiger partial charge in [-0.15, -0.1) is 11.6 Å². The van der Waals surface area contributed by atoms with E-state index >= 15 is 0 Å². The molecule has 25 heavy (non-hydrogen) atoms. The van der Waals surface area contributed by atoms with Crippen LogP contribution in [0.5, 0.6) is 0 Å². The number of carbonyl (C=O) groups is 3. The number of rotatable bonds is 8. The lowest BCUT2D eigenvalue weighted by atomic mass is 10.1. The van der Waals surface area contributed by atoms with Crippen molar-refractivity contribution in [2.24, 2.45) is 0 Å². The number of benzene rings is 1. The van der Waals surface area contributed by atoms with Gasteiger partial charge in [0, 0.05) is 6.42 Å². The fourth-order valence-electron chi connectivity index (χ4n) is 1.93. The molecule has 0 fully saturated rings. The lowest BCUT2D eigenvalue weighted by Crippen LogP contribution is -2.44. The molecule has 7 heteroatoms. The van der Waals surface area contributed by atoms with Crippen molar-refractivity contribution in [3.05, 3.63) is 35.9 Å². The summed E-state index contributed by atoms with van der Waals surface area (Å²) in [6, 6.07) is 8.37. The fourth-order valence-corrected chi connectivity index (χ4v) is 2.12. The molecule has 1 atom stereocenters. The molecule has 1 unspecified atom stereocenters. The van der Waals surface area contributed by atoms with Crippen molar-refractivity contribution in [2.75, 3.05) is 5.88 Å². The Kier molecular flexibility index (Phi) is 8.41. The van der Waals surface area contributed by atoms with E-state index in [9.17, 15) is 14.4 Å². The Balaban J connectivity index is 2.48. The van der Waals surface area contributed by atoms with Crippen molar-refractivity contribution in [3.63, 3.8) is 0 Å². The number of esters is 1. The third kappa shape index (κ3) is 9.10. The van der Waals surface area contributed by atoms with Gasteiger partial charge >= 0.3 is 12.1 Å². The molecule has 0 aromatic heterocycles. The van der Waals surface area contributed by atoms with Gasteiger partial charge in [-0.25, -0.2) is 4.79 Å². The lowest BCUT2D eigenvalue weighted by Gasteiger charge is -2.22. The van der Waals surface area contributed by atoms with E-state index in [2.05, 4.69) is 5.32 Å². The topological polar surface area (TPSA) is 81.7 Å². The summed E-state index contributed by atoms with van der Waals surface area (Å²) >= 11 is 5.56. The van der Waals surface area contributed by atoms with Gasteiger partial charge in [-0.3, -0.25) is 9.59 Å². The van der Waals surface area contributed by atoms with E-state index in [4.69, 9.17) is 21.1 Å². The maximum absolute atomic E-state index is 11.9. The van der Waals surface area contributed by atoms with Crippen LogP contribution in [0.15, 0.2) is 30.3 Å². The molecule has 0 bridgehead atoms. The van der Waals surface area contributed by atoms with Gasteiger partial charge in [-0.1, -0.05) is 30.3 Å². The Bertz CT molecular complexity index is 583. The first kappa shape index (κ1) is 21.0. The van der Waals surface area contributed by atoms with Gasteiger partial charge in [-0.2, -0.15) is 0 Å². The first-order valence-electron chi connectivity index (χ1n) is 7.99. The van der Waals surface area contributed by atoms with E-state index in [1.165, 1.54) is 0 Å². The summed E-state index contributed by atoms with van der Waals surface area (Å²) in [5.74, 6) is -1.11. The molecule has 0 aliphatic heterocycles. The average molecular weight is 370 g/mol. The lowest BCUT2D eigenvalue weighted by molar-refractivity contribution is -0.145. The van der Waals surface area contributed by atoms with E-state index in [-0.39, 0.29) is 31.1 Å².